The molecule has 0 aliphatic heterocycles. The normalized spacial score (nSPS) is 27.2. The second-order valence-electron chi connectivity index (χ2n) is 5.63. The van der Waals surface area contributed by atoms with Gasteiger partial charge < -0.3 is 11.1 Å². The Morgan fingerprint density at radius 3 is 3.16 bits per heavy atom. The number of aryl methyl sites for hydroxylation is 1. The van der Waals surface area contributed by atoms with E-state index in [0.717, 1.165) is 32.2 Å². The second-order valence-corrected chi connectivity index (χ2v) is 5.63. The fraction of sp³-hybridized carbons (Fsp3) is 0.769. The van der Waals surface area contributed by atoms with Gasteiger partial charge in [0.25, 0.3) is 0 Å². The summed E-state index contributed by atoms with van der Waals surface area (Å²) in [5, 5.41) is 10.6. The molecule has 2 atom stereocenters. The number of carbonyl (C=O) groups excluding carboxylic acids is 1. The molecule has 1 aliphatic rings. The third-order valence-corrected chi connectivity index (χ3v) is 3.81. The Morgan fingerprint density at radius 1 is 1.63 bits per heavy atom. The van der Waals surface area contributed by atoms with E-state index in [1.807, 2.05) is 6.20 Å². The summed E-state index contributed by atoms with van der Waals surface area (Å²) in [6.07, 6.45) is 8.11. The molecule has 1 saturated carbocycles. The zero-order chi connectivity index (χ0) is 13.7. The van der Waals surface area contributed by atoms with Gasteiger partial charge in [-0.1, -0.05) is 25.0 Å². The molecule has 0 bridgehead atoms. The van der Waals surface area contributed by atoms with E-state index < -0.39 is 5.54 Å². The van der Waals surface area contributed by atoms with Crippen LogP contribution in [0.25, 0.3) is 0 Å². The molecule has 2 unspecified atom stereocenters. The highest BCUT2D eigenvalue weighted by molar-refractivity contribution is 5.86. The highest BCUT2D eigenvalue weighted by Gasteiger charge is 2.37. The molecule has 1 fully saturated rings. The van der Waals surface area contributed by atoms with Crippen molar-refractivity contribution in [1.29, 1.82) is 0 Å². The van der Waals surface area contributed by atoms with Crippen LogP contribution in [0.3, 0.4) is 0 Å². The number of hydrogen-bond donors (Lipinski definition) is 2. The summed E-state index contributed by atoms with van der Waals surface area (Å²) in [5.74, 6) is 0.539. The van der Waals surface area contributed by atoms with Gasteiger partial charge in [0, 0.05) is 19.3 Å². The lowest BCUT2D eigenvalue weighted by molar-refractivity contribution is -0.128. The summed E-state index contributed by atoms with van der Waals surface area (Å²) >= 11 is 0. The lowest BCUT2D eigenvalue weighted by Crippen LogP contribution is -2.56. The third-order valence-electron chi connectivity index (χ3n) is 3.81. The molecule has 3 N–H and O–H groups in total. The van der Waals surface area contributed by atoms with Crippen LogP contribution in [0.5, 0.6) is 0 Å². The molecule has 0 radical (unpaired) electrons. The SMILES string of the molecule is CC1CCCC(N)(C(=O)NCCCn2ccnn2)C1. The van der Waals surface area contributed by atoms with E-state index in [9.17, 15) is 4.79 Å². The fourth-order valence-electron chi connectivity index (χ4n) is 2.77. The Balaban J connectivity index is 1.71. The standard InChI is InChI=1S/C13H23N5O/c1-11-4-2-5-13(14,10-11)12(19)15-6-3-8-18-9-7-16-17-18/h7,9,11H,2-6,8,10,14H2,1H3,(H,15,19). The first kappa shape index (κ1) is 14.0. The first-order valence-corrected chi connectivity index (χ1v) is 7.01. The summed E-state index contributed by atoms with van der Waals surface area (Å²) in [7, 11) is 0. The van der Waals surface area contributed by atoms with Gasteiger partial charge >= 0.3 is 0 Å². The Kier molecular flexibility index (Phi) is 4.52. The number of amides is 1. The van der Waals surface area contributed by atoms with Crippen molar-refractivity contribution < 1.29 is 4.79 Å². The monoisotopic (exact) mass is 265 g/mol. The highest BCUT2D eigenvalue weighted by atomic mass is 16.2. The minimum atomic E-state index is -0.662. The van der Waals surface area contributed by atoms with E-state index in [2.05, 4.69) is 22.6 Å². The van der Waals surface area contributed by atoms with Gasteiger partial charge in [-0.05, 0) is 25.2 Å². The molecule has 0 saturated heterocycles. The van der Waals surface area contributed by atoms with Crippen molar-refractivity contribution in [3.05, 3.63) is 12.4 Å². The molecule has 1 aromatic heterocycles. The predicted octanol–water partition coefficient (Wildman–Crippen LogP) is 0.692. The number of rotatable bonds is 5. The molecule has 2 rings (SSSR count). The molecule has 1 heterocycles. The molecule has 6 nitrogen and oxygen atoms in total. The van der Waals surface area contributed by atoms with Gasteiger partial charge in [-0.2, -0.15) is 0 Å². The average molecular weight is 265 g/mol. The van der Waals surface area contributed by atoms with E-state index in [0.29, 0.717) is 12.5 Å². The molecule has 106 valence electrons. The first-order valence-electron chi connectivity index (χ1n) is 7.01. The van der Waals surface area contributed by atoms with Crippen LogP contribution in [0.4, 0.5) is 0 Å². The van der Waals surface area contributed by atoms with Crippen molar-refractivity contribution in [2.75, 3.05) is 6.54 Å². The molecule has 0 spiro atoms. The maximum atomic E-state index is 12.2. The molecule has 0 aromatic carbocycles. The van der Waals surface area contributed by atoms with E-state index in [-0.39, 0.29) is 5.91 Å². The van der Waals surface area contributed by atoms with Crippen molar-refractivity contribution >= 4 is 5.91 Å². The van der Waals surface area contributed by atoms with Gasteiger partial charge in [-0.15, -0.1) is 5.10 Å². The number of nitrogens with zero attached hydrogens (tertiary/aromatic N) is 3. The molecule has 6 heteroatoms. The molecule has 1 amide bonds. The maximum absolute atomic E-state index is 12.2. The van der Waals surface area contributed by atoms with Crippen molar-refractivity contribution in [2.45, 2.75) is 51.1 Å². The van der Waals surface area contributed by atoms with Crippen molar-refractivity contribution in [3.63, 3.8) is 0 Å². The fourth-order valence-corrected chi connectivity index (χ4v) is 2.77. The Hall–Kier alpha value is -1.43. The predicted molar refractivity (Wildman–Crippen MR) is 72.2 cm³/mol. The molecule has 19 heavy (non-hydrogen) atoms. The summed E-state index contributed by atoms with van der Waals surface area (Å²) in [6, 6.07) is 0. The third kappa shape index (κ3) is 3.76. The van der Waals surface area contributed by atoms with Crippen molar-refractivity contribution in [3.8, 4) is 0 Å². The van der Waals surface area contributed by atoms with E-state index >= 15 is 0 Å². The van der Waals surface area contributed by atoms with E-state index in [1.165, 1.54) is 6.42 Å². The Morgan fingerprint density at radius 2 is 2.47 bits per heavy atom. The molecular formula is C13H23N5O. The highest BCUT2D eigenvalue weighted by Crippen LogP contribution is 2.30. The van der Waals surface area contributed by atoms with E-state index in [1.54, 1.807) is 10.9 Å². The average Bonchev–Trinajstić information content (AvgIpc) is 2.87. The summed E-state index contributed by atoms with van der Waals surface area (Å²) < 4.78 is 1.76. The van der Waals surface area contributed by atoms with Gasteiger partial charge in [-0.3, -0.25) is 9.48 Å². The Bertz CT molecular complexity index is 405. The smallest absolute Gasteiger partial charge is 0.240 e. The zero-order valence-electron chi connectivity index (χ0n) is 11.5. The van der Waals surface area contributed by atoms with Gasteiger partial charge in [0.1, 0.15) is 0 Å². The Labute approximate surface area is 113 Å². The lowest BCUT2D eigenvalue weighted by Gasteiger charge is -2.35. The van der Waals surface area contributed by atoms with Crippen LogP contribution in [0.15, 0.2) is 12.4 Å². The van der Waals surface area contributed by atoms with Crippen LogP contribution in [0, 0.1) is 5.92 Å². The second kappa shape index (κ2) is 6.14. The zero-order valence-corrected chi connectivity index (χ0v) is 11.5. The summed E-state index contributed by atoms with van der Waals surface area (Å²) in [4.78, 5) is 12.2. The summed E-state index contributed by atoms with van der Waals surface area (Å²) in [6.45, 7) is 3.55. The van der Waals surface area contributed by atoms with Crippen molar-refractivity contribution in [1.82, 2.24) is 20.3 Å². The van der Waals surface area contributed by atoms with Gasteiger partial charge in [0.2, 0.25) is 5.91 Å². The first-order chi connectivity index (χ1) is 9.10. The maximum Gasteiger partial charge on any atom is 0.240 e. The number of hydrogen-bond acceptors (Lipinski definition) is 4. The molecular weight excluding hydrogens is 242 g/mol. The lowest BCUT2D eigenvalue weighted by atomic mass is 9.76. The number of nitrogens with one attached hydrogen (secondary N) is 1. The molecule has 1 aromatic rings. The van der Waals surface area contributed by atoms with Crippen LogP contribution in [-0.4, -0.2) is 33.0 Å². The van der Waals surface area contributed by atoms with Gasteiger partial charge in [0.15, 0.2) is 0 Å². The van der Waals surface area contributed by atoms with Crippen LogP contribution in [0.2, 0.25) is 0 Å². The van der Waals surface area contributed by atoms with Gasteiger partial charge in [-0.25, -0.2) is 0 Å². The molecule has 1 aliphatic carbocycles. The number of aromatic nitrogens is 3. The minimum Gasteiger partial charge on any atom is -0.354 e. The van der Waals surface area contributed by atoms with Crippen LogP contribution < -0.4 is 11.1 Å². The van der Waals surface area contributed by atoms with E-state index in [4.69, 9.17) is 5.73 Å². The van der Waals surface area contributed by atoms with Crippen LogP contribution >= 0.6 is 0 Å². The van der Waals surface area contributed by atoms with Crippen LogP contribution in [-0.2, 0) is 11.3 Å². The van der Waals surface area contributed by atoms with Gasteiger partial charge in [0.05, 0.1) is 11.7 Å². The number of nitrogens with two attached hydrogens (primary N) is 1. The minimum absolute atomic E-state index is 0.00218. The largest absolute Gasteiger partial charge is 0.354 e. The number of carbonyl (C=O) groups is 1. The summed E-state index contributed by atoms with van der Waals surface area (Å²) in [5.41, 5.74) is 5.57. The van der Waals surface area contributed by atoms with Crippen molar-refractivity contribution in [2.24, 2.45) is 11.7 Å². The topological polar surface area (TPSA) is 85.8 Å². The quantitative estimate of drug-likeness (QED) is 0.767. The van der Waals surface area contributed by atoms with Crippen LogP contribution in [0.1, 0.15) is 39.0 Å².